The van der Waals surface area contributed by atoms with Gasteiger partial charge in [0.25, 0.3) is 0 Å². The second-order valence-corrected chi connectivity index (χ2v) is 2.18. The van der Waals surface area contributed by atoms with Gasteiger partial charge in [0, 0.05) is 6.54 Å². The van der Waals surface area contributed by atoms with E-state index in [0.29, 0.717) is 0 Å². The molecule has 0 aliphatic heterocycles. The lowest BCUT2D eigenvalue weighted by Gasteiger charge is -1.91. The van der Waals surface area contributed by atoms with Crippen molar-refractivity contribution in [1.82, 2.24) is 5.43 Å². The van der Waals surface area contributed by atoms with Crippen LogP contribution in [0.2, 0.25) is 0 Å². The minimum atomic E-state index is 0.858. The fourth-order valence-electron chi connectivity index (χ4n) is 0.603. The highest BCUT2D eigenvalue weighted by atomic mass is 15.4. The van der Waals surface area contributed by atoms with Crippen LogP contribution in [0.3, 0.4) is 0 Å². The van der Waals surface area contributed by atoms with Gasteiger partial charge < -0.3 is 0 Å². The molecule has 0 radical (unpaired) electrons. The molecule has 0 saturated carbocycles. The summed E-state index contributed by atoms with van der Waals surface area (Å²) in [7, 11) is 0. The molecule has 0 aliphatic rings. The van der Waals surface area contributed by atoms with Crippen LogP contribution in [0.4, 0.5) is 0 Å². The Morgan fingerprint density at radius 1 is 1.20 bits per heavy atom. The van der Waals surface area contributed by atoms with Crippen molar-refractivity contribution in [1.29, 1.82) is 0 Å². The second kappa shape index (κ2) is 8.40. The largest absolute Gasteiger partial charge is 0.292 e. The summed E-state index contributed by atoms with van der Waals surface area (Å²) in [5.74, 6) is 0. The van der Waals surface area contributed by atoms with Crippen molar-refractivity contribution in [3.8, 4) is 0 Å². The highest BCUT2D eigenvalue weighted by Crippen LogP contribution is 1.93. The molecule has 1 N–H and O–H groups in total. The van der Waals surface area contributed by atoms with E-state index in [-0.39, 0.29) is 0 Å². The molecule has 0 aliphatic carbocycles. The lowest BCUT2D eigenvalue weighted by Crippen LogP contribution is -2.01. The van der Waals surface area contributed by atoms with Crippen molar-refractivity contribution in [3.63, 3.8) is 0 Å². The van der Waals surface area contributed by atoms with Gasteiger partial charge in [0.1, 0.15) is 0 Å². The van der Waals surface area contributed by atoms with Crippen molar-refractivity contribution in [2.24, 2.45) is 10.3 Å². The maximum atomic E-state index is 3.91. The van der Waals surface area contributed by atoms with Crippen LogP contribution in [0.15, 0.2) is 10.3 Å². The van der Waals surface area contributed by atoms with Gasteiger partial charge in [-0.1, -0.05) is 25.0 Å². The summed E-state index contributed by atoms with van der Waals surface area (Å²) in [6.45, 7) is 5.91. The van der Waals surface area contributed by atoms with E-state index in [2.05, 4.69) is 22.7 Å². The van der Waals surface area contributed by atoms with E-state index >= 15 is 0 Å². The lowest BCUT2D eigenvalue weighted by molar-refractivity contribution is 0.656. The summed E-state index contributed by atoms with van der Waals surface area (Å²) in [4.78, 5) is 0. The molecular formula is C7H17N3. The van der Waals surface area contributed by atoms with Gasteiger partial charge in [-0.2, -0.15) is 5.11 Å². The van der Waals surface area contributed by atoms with E-state index in [1.165, 1.54) is 12.8 Å². The third-order valence-corrected chi connectivity index (χ3v) is 1.16. The monoisotopic (exact) mass is 143 g/mol. The molecule has 0 spiro atoms. The smallest absolute Gasteiger partial charge is 0.0620 e. The lowest BCUT2D eigenvalue weighted by atomic mass is 10.3. The molecule has 60 valence electrons. The van der Waals surface area contributed by atoms with E-state index in [4.69, 9.17) is 0 Å². The van der Waals surface area contributed by atoms with E-state index in [1.54, 1.807) is 0 Å². The number of nitrogens with one attached hydrogen (secondary N) is 1. The van der Waals surface area contributed by atoms with Crippen LogP contribution in [0.5, 0.6) is 0 Å². The third-order valence-electron chi connectivity index (χ3n) is 1.16. The first-order chi connectivity index (χ1) is 4.91. The summed E-state index contributed by atoms with van der Waals surface area (Å²) in [6.07, 6.45) is 3.66. The Balaban J connectivity index is 2.88. The highest BCUT2D eigenvalue weighted by Gasteiger charge is 1.81. The Morgan fingerprint density at radius 2 is 2.00 bits per heavy atom. The molecule has 0 atom stereocenters. The first kappa shape index (κ1) is 9.40. The molecule has 0 aromatic rings. The quantitative estimate of drug-likeness (QED) is 0.345. The predicted octanol–water partition coefficient (Wildman–Crippen LogP) is 2.15. The Bertz CT molecular complexity index is 80.9. The highest BCUT2D eigenvalue weighted by molar-refractivity contribution is 4.39. The van der Waals surface area contributed by atoms with Gasteiger partial charge in [-0.25, -0.2) is 0 Å². The number of rotatable bonds is 6. The molecule has 0 heterocycles. The van der Waals surface area contributed by atoms with Gasteiger partial charge in [-0.05, 0) is 13.3 Å². The van der Waals surface area contributed by atoms with Crippen LogP contribution < -0.4 is 5.43 Å². The fourth-order valence-corrected chi connectivity index (χ4v) is 0.603. The third kappa shape index (κ3) is 7.40. The average Bonchev–Trinajstić information content (AvgIpc) is 1.97. The van der Waals surface area contributed by atoms with Gasteiger partial charge in [0.05, 0.1) is 6.54 Å². The van der Waals surface area contributed by atoms with E-state index in [0.717, 1.165) is 19.5 Å². The summed E-state index contributed by atoms with van der Waals surface area (Å²) in [5.41, 5.74) is 2.78. The molecule has 3 nitrogen and oxygen atoms in total. The molecule has 0 unspecified atom stereocenters. The average molecular weight is 143 g/mol. The van der Waals surface area contributed by atoms with Gasteiger partial charge >= 0.3 is 0 Å². The molecule has 0 bridgehead atoms. The van der Waals surface area contributed by atoms with Crippen LogP contribution in [-0.4, -0.2) is 13.1 Å². The van der Waals surface area contributed by atoms with Crippen molar-refractivity contribution < 1.29 is 0 Å². The van der Waals surface area contributed by atoms with Crippen molar-refractivity contribution in [2.45, 2.75) is 33.1 Å². The normalized spacial score (nSPS) is 10.6. The van der Waals surface area contributed by atoms with Crippen LogP contribution in [0, 0.1) is 0 Å². The first-order valence-electron chi connectivity index (χ1n) is 4.01. The predicted molar refractivity (Wildman–Crippen MR) is 42.9 cm³/mol. The van der Waals surface area contributed by atoms with Crippen molar-refractivity contribution in [3.05, 3.63) is 0 Å². The van der Waals surface area contributed by atoms with Crippen LogP contribution in [-0.2, 0) is 0 Å². The Hall–Kier alpha value is -0.600. The van der Waals surface area contributed by atoms with Gasteiger partial charge in [0.2, 0.25) is 0 Å². The van der Waals surface area contributed by atoms with E-state index in [1.807, 2.05) is 6.92 Å². The molecule has 3 heteroatoms. The van der Waals surface area contributed by atoms with Gasteiger partial charge in [-0.3, -0.25) is 5.43 Å². The maximum Gasteiger partial charge on any atom is 0.0620 e. The summed E-state index contributed by atoms with van der Waals surface area (Å²) >= 11 is 0. The number of unbranched alkanes of at least 4 members (excludes halogenated alkanes) is 2. The van der Waals surface area contributed by atoms with Crippen LogP contribution in [0.1, 0.15) is 33.1 Å². The summed E-state index contributed by atoms with van der Waals surface area (Å²) in [5, 5.41) is 7.65. The molecule has 0 fully saturated rings. The van der Waals surface area contributed by atoms with Gasteiger partial charge in [0.15, 0.2) is 0 Å². The first-order valence-corrected chi connectivity index (χ1v) is 4.01. The molecule has 0 rings (SSSR count). The summed E-state index contributed by atoms with van der Waals surface area (Å²) in [6, 6.07) is 0. The summed E-state index contributed by atoms with van der Waals surface area (Å²) < 4.78 is 0. The number of hydrogen-bond acceptors (Lipinski definition) is 2. The fraction of sp³-hybridized carbons (Fsp3) is 1.00. The minimum Gasteiger partial charge on any atom is -0.292 e. The SMILES string of the molecule is CCCCCN=NNCC. The topological polar surface area (TPSA) is 36.8 Å². The van der Waals surface area contributed by atoms with Crippen molar-refractivity contribution in [2.75, 3.05) is 13.1 Å². The molecule has 0 aromatic carbocycles. The number of hydrogen-bond donors (Lipinski definition) is 1. The Kier molecular flexibility index (Phi) is 7.90. The zero-order valence-electron chi connectivity index (χ0n) is 6.93. The molecular weight excluding hydrogens is 126 g/mol. The zero-order chi connectivity index (χ0) is 7.66. The standard InChI is InChI=1S/C7H17N3/c1-3-5-6-7-9-10-8-4-2/h3-7H2,1-2H3,(H,8,9). The molecule has 0 amide bonds. The van der Waals surface area contributed by atoms with Crippen molar-refractivity contribution >= 4 is 0 Å². The second-order valence-electron chi connectivity index (χ2n) is 2.18. The Morgan fingerprint density at radius 3 is 2.60 bits per heavy atom. The van der Waals surface area contributed by atoms with Crippen LogP contribution >= 0.6 is 0 Å². The molecule has 0 saturated heterocycles. The molecule has 0 aromatic heterocycles. The molecule has 10 heavy (non-hydrogen) atoms. The Labute approximate surface area is 62.9 Å². The van der Waals surface area contributed by atoms with E-state index in [9.17, 15) is 0 Å². The number of nitrogens with zero attached hydrogens (tertiary/aromatic N) is 2. The minimum absolute atomic E-state index is 0.858. The zero-order valence-corrected chi connectivity index (χ0v) is 6.93. The maximum absolute atomic E-state index is 3.91. The van der Waals surface area contributed by atoms with Crippen LogP contribution in [0.25, 0.3) is 0 Å². The van der Waals surface area contributed by atoms with E-state index < -0.39 is 0 Å². The van der Waals surface area contributed by atoms with Gasteiger partial charge in [-0.15, -0.1) is 0 Å².